The number of hydrogen-bond donors (Lipinski definition) is 3. The maximum atomic E-state index is 12.9. The van der Waals surface area contributed by atoms with E-state index in [1.807, 2.05) is 45.9 Å². The zero-order valence-electron chi connectivity index (χ0n) is 21.5. The molecular formula is C30H33ClN2O3. The molecule has 1 fully saturated rings. The fourth-order valence-electron chi connectivity index (χ4n) is 4.88. The van der Waals surface area contributed by atoms with E-state index in [4.69, 9.17) is 11.6 Å². The number of carboxylic acids is 1. The third-order valence-corrected chi connectivity index (χ3v) is 7.67. The topological polar surface area (TPSA) is 78.4 Å². The minimum Gasteiger partial charge on any atom is -0.480 e. The molecule has 6 heteroatoms. The molecule has 3 N–H and O–H groups in total. The SMILES string of the molecule is CC[C@@H](Nc1cccc(-c2cc(C)c(C(=O)NC3(C(=O)O)CC3)c(C)c2)c1)c1cc(C)c(Cl)c(C)c1. The standard InChI is InChI=1S/C30H33ClN2O3/c1-6-25(23-14-19(4)27(31)20(5)15-23)32-24-9-7-8-21(16-24)22-12-17(2)26(18(3)13-22)28(34)33-30(10-11-30)29(35)36/h7-9,12-16,25,32H,6,10-11H2,1-5H3,(H,33,34)(H,35,36)/t25-/m1/s1. The van der Waals surface area contributed by atoms with Gasteiger partial charge in [-0.1, -0.05) is 54.9 Å². The summed E-state index contributed by atoms with van der Waals surface area (Å²) in [4.78, 5) is 24.4. The van der Waals surface area contributed by atoms with E-state index in [1.54, 1.807) is 0 Å². The minimum atomic E-state index is -1.11. The summed E-state index contributed by atoms with van der Waals surface area (Å²) >= 11 is 6.38. The van der Waals surface area contributed by atoms with Crippen LogP contribution in [0.15, 0.2) is 48.5 Å². The molecule has 0 spiro atoms. The predicted octanol–water partition coefficient (Wildman–Crippen LogP) is 7.15. The molecule has 3 aromatic carbocycles. The van der Waals surface area contributed by atoms with Gasteiger partial charge < -0.3 is 15.7 Å². The average molecular weight is 505 g/mol. The number of carbonyl (C=O) groups is 2. The highest BCUT2D eigenvalue weighted by atomic mass is 35.5. The zero-order chi connectivity index (χ0) is 26.2. The Bertz CT molecular complexity index is 1300. The highest BCUT2D eigenvalue weighted by molar-refractivity contribution is 6.32. The van der Waals surface area contributed by atoms with Gasteiger partial charge in [-0.25, -0.2) is 4.79 Å². The van der Waals surface area contributed by atoms with E-state index >= 15 is 0 Å². The van der Waals surface area contributed by atoms with E-state index in [0.29, 0.717) is 18.4 Å². The number of rotatable bonds is 8. The Morgan fingerprint density at radius 2 is 1.56 bits per heavy atom. The Hall–Kier alpha value is -3.31. The Balaban J connectivity index is 1.58. The lowest BCUT2D eigenvalue weighted by Gasteiger charge is -2.21. The van der Waals surface area contributed by atoms with Crippen molar-refractivity contribution in [2.75, 3.05) is 5.32 Å². The molecule has 0 unspecified atom stereocenters. The quantitative estimate of drug-likeness (QED) is 0.304. The molecule has 0 radical (unpaired) electrons. The normalized spacial score (nSPS) is 14.7. The number of nitrogens with one attached hydrogen (secondary N) is 2. The van der Waals surface area contributed by atoms with E-state index < -0.39 is 11.5 Å². The van der Waals surface area contributed by atoms with Gasteiger partial charge >= 0.3 is 5.97 Å². The first-order valence-electron chi connectivity index (χ1n) is 12.4. The summed E-state index contributed by atoms with van der Waals surface area (Å²) in [5.41, 5.74) is 7.50. The first-order chi connectivity index (χ1) is 17.0. The van der Waals surface area contributed by atoms with Crippen molar-refractivity contribution in [3.63, 3.8) is 0 Å². The highest BCUT2D eigenvalue weighted by Crippen LogP contribution is 2.37. The maximum absolute atomic E-state index is 12.9. The van der Waals surface area contributed by atoms with Gasteiger partial charge in [0.25, 0.3) is 5.91 Å². The van der Waals surface area contributed by atoms with Crippen LogP contribution in [0, 0.1) is 27.7 Å². The Labute approximate surface area is 217 Å². The fourth-order valence-corrected chi connectivity index (χ4v) is 4.99. The fraction of sp³-hybridized carbons (Fsp3) is 0.333. The smallest absolute Gasteiger partial charge is 0.329 e. The summed E-state index contributed by atoms with van der Waals surface area (Å²) in [5.74, 6) is -1.30. The van der Waals surface area contributed by atoms with Crippen molar-refractivity contribution in [2.45, 2.75) is 65.5 Å². The van der Waals surface area contributed by atoms with Gasteiger partial charge in [0.2, 0.25) is 0 Å². The van der Waals surface area contributed by atoms with Gasteiger partial charge in [0.15, 0.2) is 0 Å². The molecule has 5 nitrogen and oxygen atoms in total. The van der Waals surface area contributed by atoms with Crippen LogP contribution in [0.2, 0.25) is 5.02 Å². The molecule has 1 aliphatic carbocycles. The lowest BCUT2D eigenvalue weighted by molar-refractivity contribution is -0.140. The Kier molecular flexibility index (Phi) is 7.14. The van der Waals surface area contributed by atoms with E-state index in [-0.39, 0.29) is 11.9 Å². The van der Waals surface area contributed by atoms with E-state index in [0.717, 1.165) is 50.5 Å². The molecule has 1 atom stereocenters. The predicted molar refractivity (Wildman–Crippen MR) is 146 cm³/mol. The van der Waals surface area contributed by atoms with Gasteiger partial charge in [0, 0.05) is 16.3 Å². The summed E-state index contributed by atoms with van der Waals surface area (Å²) in [6.07, 6.45) is 1.86. The number of benzene rings is 3. The lowest BCUT2D eigenvalue weighted by Crippen LogP contribution is -2.43. The molecule has 36 heavy (non-hydrogen) atoms. The third kappa shape index (κ3) is 5.12. The van der Waals surface area contributed by atoms with Crippen LogP contribution in [-0.4, -0.2) is 22.5 Å². The molecule has 3 aromatic rings. The number of hydrogen-bond acceptors (Lipinski definition) is 3. The molecule has 0 saturated heterocycles. The number of aryl methyl sites for hydroxylation is 4. The summed E-state index contributed by atoms with van der Waals surface area (Å²) in [6.45, 7) is 10.0. The van der Waals surface area contributed by atoms with Crippen LogP contribution in [0.3, 0.4) is 0 Å². The molecule has 1 saturated carbocycles. The number of anilines is 1. The van der Waals surface area contributed by atoms with Crippen molar-refractivity contribution < 1.29 is 14.7 Å². The minimum absolute atomic E-state index is 0.147. The molecule has 0 bridgehead atoms. The van der Waals surface area contributed by atoms with E-state index in [2.05, 4.69) is 47.9 Å². The summed E-state index contributed by atoms with van der Waals surface area (Å²) in [6, 6.07) is 16.7. The van der Waals surface area contributed by atoms with Crippen LogP contribution in [0.1, 0.15) is 70.4 Å². The second-order valence-corrected chi connectivity index (χ2v) is 10.4. The molecule has 1 aliphatic rings. The molecule has 0 aliphatic heterocycles. The van der Waals surface area contributed by atoms with Crippen molar-refractivity contribution >= 4 is 29.2 Å². The summed E-state index contributed by atoms with van der Waals surface area (Å²) in [7, 11) is 0. The molecule has 188 valence electrons. The van der Waals surface area contributed by atoms with Gasteiger partial charge in [-0.15, -0.1) is 0 Å². The van der Waals surface area contributed by atoms with Gasteiger partial charge in [-0.3, -0.25) is 4.79 Å². The number of aliphatic carboxylic acids is 1. The third-order valence-electron chi connectivity index (χ3n) is 7.08. The van der Waals surface area contributed by atoms with E-state index in [9.17, 15) is 14.7 Å². The monoisotopic (exact) mass is 504 g/mol. The van der Waals surface area contributed by atoms with Crippen LogP contribution in [0.5, 0.6) is 0 Å². The maximum Gasteiger partial charge on any atom is 0.329 e. The second kappa shape index (κ2) is 9.98. The highest BCUT2D eigenvalue weighted by Gasteiger charge is 2.51. The molecule has 0 aromatic heterocycles. The van der Waals surface area contributed by atoms with Crippen LogP contribution in [0.4, 0.5) is 5.69 Å². The number of carbonyl (C=O) groups excluding carboxylic acids is 1. The van der Waals surface area contributed by atoms with Crippen molar-refractivity contribution in [3.05, 3.63) is 86.9 Å². The Morgan fingerprint density at radius 3 is 2.08 bits per heavy atom. The van der Waals surface area contributed by atoms with Crippen LogP contribution < -0.4 is 10.6 Å². The number of halogens is 1. The van der Waals surface area contributed by atoms with Crippen LogP contribution >= 0.6 is 11.6 Å². The van der Waals surface area contributed by atoms with Crippen LogP contribution in [-0.2, 0) is 4.79 Å². The first-order valence-corrected chi connectivity index (χ1v) is 12.7. The first kappa shape index (κ1) is 25.8. The van der Waals surface area contributed by atoms with Crippen LogP contribution in [0.25, 0.3) is 11.1 Å². The molecule has 0 heterocycles. The number of amides is 1. The molecular weight excluding hydrogens is 472 g/mol. The lowest BCUT2D eigenvalue weighted by atomic mass is 9.94. The molecule has 1 amide bonds. The van der Waals surface area contributed by atoms with Gasteiger partial charge in [0.1, 0.15) is 5.54 Å². The van der Waals surface area contributed by atoms with Gasteiger partial charge in [-0.2, -0.15) is 0 Å². The number of carboxylic acid groups (broad SMARTS) is 1. The average Bonchev–Trinajstić information content (AvgIpc) is 3.61. The van der Waals surface area contributed by atoms with E-state index in [1.165, 1.54) is 5.56 Å². The largest absolute Gasteiger partial charge is 0.480 e. The van der Waals surface area contributed by atoms with Gasteiger partial charge in [-0.05, 0) is 98.0 Å². The summed E-state index contributed by atoms with van der Waals surface area (Å²) in [5, 5.41) is 16.6. The summed E-state index contributed by atoms with van der Waals surface area (Å²) < 4.78 is 0. The molecule has 4 rings (SSSR count). The van der Waals surface area contributed by atoms with Crippen molar-refractivity contribution in [1.29, 1.82) is 0 Å². The van der Waals surface area contributed by atoms with Crippen molar-refractivity contribution in [1.82, 2.24) is 5.32 Å². The zero-order valence-corrected chi connectivity index (χ0v) is 22.2. The Morgan fingerprint density at radius 1 is 0.944 bits per heavy atom. The van der Waals surface area contributed by atoms with Gasteiger partial charge in [0.05, 0.1) is 6.04 Å². The van der Waals surface area contributed by atoms with Crippen molar-refractivity contribution in [2.24, 2.45) is 0 Å². The van der Waals surface area contributed by atoms with Crippen molar-refractivity contribution in [3.8, 4) is 11.1 Å². The second-order valence-electron chi connectivity index (χ2n) is 9.98.